The maximum Gasteiger partial charge on any atom is 0.315 e. The van der Waals surface area contributed by atoms with Gasteiger partial charge in [0.25, 0.3) is 0 Å². The Balaban J connectivity index is 1.82. The van der Waals surface area contributed by atoms with E-state index in [4.69, 9.17) is 5.73 Å². The number of carbonyl (C=O) groups is 4. The molecule has 1 saturated carbocycles. The Morgan fingerprint density at radius 2 is 1.72 bits per heavy atom. The van der Waals surface area contributed by atoms with Crippen molar-refractivity contribution >= 4 is 23.6 Å². The van der Waals surface area contributed by atoms with Gasteiger partial charge in [0.05, 0.1) is 11.7 Å². The number of rotatable bonds is 4. The van der Waals surface area contributed by atoms with E-state index in [9.17, 15) is 19.2 Å². The van der Waals surface area contributed by atoms with Gasteiger partial charge in [-0.2, -0.15) is 0 Å². The summed E-state index contributed by atoms with van der Waals surface area (Å²) < 4.78 is 0. The fourth-order valence-electron chi connectivity index (χ4n) is 5.11. The Labute approximate surface area is 214 Å². The van der Waals surface area contributed by atoms with Crippen LogP contribution in [0.3, 0.4) is 0 Å². The van der Waals surface area contributed by atoms with Crippen LogP contribution >= 0.6 is 0 Å². The van der Waals surface area contributed by atoms with Gasteiger partial charge in [-0.15, -0.1) is 0 Å². The Bertz CT molecular complexity index is 1010. The highest BCUT2D eigenvalue weighted by molar-refractivity contribution is 6.03. The first-order valence-corrected chi connectivity index (χ1v) is 12.9. The molecule has 0 aromatic rings. The van der Waals surface area contributed by atoms with Crippen molar-refractivity contribution in [1.29, 1.82) is 0 Å². The molecule has 200 valence electrons. The highest BCUT2D eigenvalue weighted by Crippen LogP contribution is 2.42. The summed E-state index contributed by atoms with van der Waals surface area (Å²) in [5, 5.41) is 8.58. The number of Topliss-reactive ketones (excluding diaryl/α,β-unsaturated/α-hetero) is 1. The monoisotopic (exact) mass is 501 g/mol. The molecule has 0 aromatic heterocycles. The van der Waals surface area contributed by atoms with E-state index >= 15 is 0 Å². The topological polar surface area (TPSA) is 134 Å². The van der Waals surface area contributed by atoms with Crippen molar-refractivity contribution in [2.75, 3.05) is 6.54 Å². The molecule has 4 atom stereocenters. The van der Waals surface area contributed by atoms with E-state index in [0.29, 0.717) is 19.4 Å². The minimum Gasteiger partial charge on any atom is -0.396 e. The molecule has 0 bridgehead atoms. The number of hydrogen-bond donors (Lipinski definition) is 4. The van der Waals surface area contributed by atoms with Gasteiger partial charge in [0, 0.05) is 12.1 Å². The van der Waals surface area contributed by atoms with Crippen molar-refractivity contribution in [1.82, 2.24) is 20.9 Å². The SMILES string of the molecule is CC(C)=C1C[C@@H](C(=O)N[C@H]2CC3CCC3=C(N)C2=O)N(C(=O)[C@@H](NC(=O)NC(C)(C)C)C(C)(C)C)C1. The predicted octanol–water partition coefficient (Wildman–Crippen LogP) is 2.52. The van der Waals surface area contributed by atoms with E-state index in [2.05, 4.69) is 16.0 Å². The summed E-state index contributed by atoms with van der Waals surface area (Å²) in [5.74, 6) is -0.668. The van der Waals surface area contributed by atoms with Gasteiger partial charge in [-0.25, -0.2) is 4.79 Å². The summed E-state index contributed by atoms with van der Waals surface area (Å²) in [6.45, 7) is 15.5. The lowest BCUT2D eigenvalue weighted by molar-refractivity contribution is -0.142. The molecule has 3 aliphatic rings. The number of likely N-dealkylation sites (tertiary alicyclic amines) is 1. The molecule has 1 aliphatic heterocycles. The lowest BCUT2D eigenvalue weighted by atomic mass is 9.69. The molecule has 9 nitrogen and oxygen atoms in total. The zero-order chi connectivity index (χ0) is 27.2. The maximum atomic E-state index is 13.9. The summed E-state index contributed by atoms with van der Waals surface area (Å²) in [6, 6.07) is -2.72. The molecule has 5 N–H and O–H groups in total. The number of nitrogens with two attached hydrogens (primary N) is 1. The third-order valence-electron chi connectivity index (χ3n) is 7.37. The van der Waals surface area contributed by atoms with Crippen LogP contribution in [0.2, 0.25) is 0 Å². The van der Waals surface area contributed by atoms with Gasteiger partial charge in [0.2, 0.25) is 17.6 Å². The summed E-state index contributed by atoms with van der Waals surface area (Å²) >= 11 is 0. The minimum atomic E-state index is -0.848. The van der Waals surface area contributed by atoms with Crippen LogP contribution in [-0.4, -0.2) is 58.7 Å². The van der Waals surface area contributed by atoms with Crippen molar-refractivity contribution in [2.45, 2.75) is 105 Å². The van der Waals surface area contributed by atoms with Crippen LogP contribution in [-0.2, 0) is 14.4 Å². The largest absolute Gasteiger partial charge is 0.396 e. The number of carbonyl (C=O) groups excluding carboxylic acids is 4. The molecule has 3 rings (SSSR count). The van der Waals surface area contributed by atoms with Crippen LogP contribution in [0, 0.1) is 11.3 Å². The number of hydrogen-bond acceptors (Lipinski definition) is 5. The van der Waals surface area contributed by atoms with Gasteiger partial charge >= 0.3 is 6.03 Å². The number of allylic oxidation sites excluding steroid dienone is 2. The van der Waals surface area contributed by atoms with Crippen molar-refractivity contribution < 1.29 is 19.2 Å². The molecule has 1 saturated heterocycles. The molecule has 0 radical (unpaired) electrons. The molecular weight excluding hydrogens is 458 g/mol. The molecule has 36 heavy (non-hydrogen) atoms. The molecule has 2 fully saturated rings. The standard InChI is InChI=1S/C27H43N5O4/c1-14(2)16-12-19(23(34)29-18-11-15-9-10-17(15)20(28)21(18)33)32(13-16)24(35)22(26(3,4)5)30-25(36)31-27(6,7)8/h15,18-19,22H,9-13,28H2,1-8H3,(H,29,34)(H2,30,31,36)/t15?,18-,19-,22+/m0/s1. The van der Waals surface area contributed by atoms with Gasteiger partial charge in [0.15, 0.2) is 0 Å². The van der Waals surface area contributed by atoms with E-state index < -0.39 is 35.1 Å². The molecule has 9 heteroatoms. The highest BCUT2D eigenvalue weighted by atomic mass is 16.2. The zero-order valence-corrected chi connectivity index (χ0v) is 23.0. The Morgan fingerprint density at radius 1 is 1.08 bits per heavy atom. The van der Waals surface area contributed by atoms with Crippen LogP contribution in [0.1, 0.15) is 81.1 Å². The van der Waals surface area contributed by atoms with Crippen LogP contribution < -0.4 is 21.7 Å². The van der Waals surface area contributed by atoms with Crippen molar-refractivity contribution in [3.05, 3.63) is 22.4 Å². The fraction of sp³-hybridized carbons (Fsp3) is 0.704. The Hall–Kier alpha value is -2.84. The fourth-order valence-corrected chi connectivity index (χ4v) is 5.11. The van der Waals surface area contributed by atoms with Crippen molar-refractivity contribution in [3.8, 4) is 0 Å². The number of fused-ring (bicyclic) bond motifs is 1. The minimum absolute atomic E-state index is 0.235. The third kappa shape index (κ3) is 5.93. The molecule has 0 aromatic carbocycles. The van der Waals surface area contributed by atoms with E-state index in [0.717, 1.165) is 29.6 Å². The van der Waals surface area contributed by atoms with Gasteiger partial charge in [0.1, 0.15) is 12.1 Å². The van der Waals surface area contributed by atoms with Gasteiger partial charge in [-0.1, -0.05) is 26.3 Å². The van der Waals surface area contributed by atoms with Crippen LogP contribution in [0.4, 0.5) is 4.79 Å². The zero-order valence-electron chi connectivity index (χ0n) is 23.0. The first-order chi connectivity index (χ1) is 16.5. The van der Waals surface area contributed by atoms with Crippen LogP contribution in [0.25, 0.3) is 0 Å². The first-order valence-electron chi connectivity index (χ1n) is 12.9. The Kier molecular flexibility index (Phi) is 7.63. The average Bonchev–Trinajstić information content (AvgIpc) is 3.16. The van der Waals surface area contributed by atoms with Crippen molar-refractivity contribution in [2.24, 2.45) is 17.1 Å². The van der Waals surface area contributed by atoms with E-state index in [1.54, 1.807) is 4.90 Å². The number of nitrogens with one attached hydrogen (secondary N) is 3. The normalized spacial score (nSPS) is 25.1. The lowest BCUT2D eigenvalue weighted by Gasteiger charge is -2.39. The number of ketones is 1. The van der Waals surface area contributed by atoms with Crippen molar-refractivity contribution in [3.63, 3.8) is 0 Å². The van der Waals surface area contributed by atoms with E-state index in [-0.39, 0.29) is 29.2 Å². The van der Waals surface area contributed by atoms with Gasteiger partial charge < -0.3 is 26.6 Å². The maximum absolute atomic E-state index is 13.9. The van der Waals surface area contributed by atoms with Crippen LogP contribution in [0.15, 0.2) is 22.4 Å². The van der Waals surface area contributed by atoms with Gasteiger partial charge in [-0.3, -0.25) is 14.4 Å². The second-order valence-electron chi connectivity index (χ2n) is 12.8. The summed E-state index contributed by atoms with van der Waals surface area (Å²) in [6.07, 6.45) is 2.77. The highest BCUT2D eigenvalue weighted by Gasteiger charge is 2.45. The number of urea groups is 1. The van der Waals surface area contributed by atoms with E-state index in [1.165, 1.54) is 0 Å². The smallest absolute Gasteiger partial charge is 0.315 e. The quantitative estimate of drug-likeness (QED) is 0.439. The molecule has 4 amide bonds. The number of amides is 4. The van der Waals surface area contributed by atoms with Crippen LogP contribution in [0.5, 0.6) is 0 Å². The molecule has 1 heterocycles. The second-order valence-corrected chi connectivity index (χ2v) is 12.8. The molecule has 0 spiro atoms. The number of nitrogens with zero attached hydrogens (tertiary/aromatic N) is 1. The average molecular weight is 502 g/mol. The lowest BCUT2D eigenvalue weighted by Crippen LogP contribution is -2.61. The first kappa shape index (κ1) is 27.7. The Morgan fingerprint density at radius 3 is 2.22 bits per heavy atom. The summed E-state index contributed by atoms with van der Waals surface area (Å²) in [4.78, 5) is 54.4. The second kappa shape index (κ2) is 9.90. The molecule has 2 aliphatic carbocycles. The molecular formula is C27H43N5O4. The molecule has 1 unspecified atom stereocenters. The summed E-state index contributed by atoms with van der Waals surface area (Å²) in [5.41, 5.74) is 8.35. The van der Waals surface area contributed by atoms with E-state index in [1.807, 2.05) is 55.4 Å². The third-order valence-corrected chi connectivity index (χ3v) is 7.37. The summed E-state index contributed by atoms with van der Waals surface area (Å²) in [7, 11) is 0. The predicted molar refractivity (Wildman–Crippen MR) is 139 cm³/mol. The van der Waals surface area contributed by atoms with Gasteiger partial charge in [-0.05, 0) is 82.8 Å².